The molecule has 5 nitrogen and oxygen atoms in total. The van der Waals surface area contributed by atoms with Crippen LogP contribution in [-0.2, 0) is 4.79 Å². The molecule has 0 aliphatic carbocycles. The van der Waals surface area contributed by atoms with Crippen molar-refractivity contribution in [1.82, 2.24) is 4.98 Å². The number of nitrogens with zero attached hydrogens (tertiary/aromatic N) is 3. The fraction of sp³-hybridized carbons (Fsp3) is 0.235. The molecule has 22 heavy (non-hydrogen) atoms. The van der Waals surface area contributed by atoms with Gasteiger partial charge < -0.3 is 10.2 Å². The fourth-order valence-electron chi connectivity index (χ4n) is 2.55. The Morgan fingerprint density at radius 1 is 1.27 bits per heavy atom. The van der Waals surface area contributed by atoms with Gasteiger partial charge in [-0.15, -0.1) is 0 Å². The molecule has 1 aromatic heterocycles. The summed E-state index contributed by atoms with van der Waals surface area (Å²) in [5.41, 5.74) is 2.42. The van der Waals surface area contributed by atoms with Crippen molar-refractivity contribution in [2.75, 3.05) is 16.8 Å². The maximum atomic E-state index is 12.5. The van der Waals surface area contributed by atoms with E-state index in [1.165, 1.54) is 5.56 Å². The number of aromatic nitrogens is 1. The average Bonchev–Trinajstić information content (AvgIpc) is 2.89. The van der Waals surface area contributed by atoms with Crippen LogP contribution in [-0.4, -0.2) is 23.5 Å². The van der Waals surface area contributed by atoms with Gasteiger partial charge in [0.05, 0.1) is 0 Å². The van der Waals surface area contributed by atoms with E-state index < -0.39 is 0 Å². The topological polar surface area (TPSA) is 69.0 Å². The molecule has 0 saturated carbocycles. The van der Waals surface area contributed by atoms with Crippen LogP contribution in [0.3, 0.4) is 0 Å². The van der Waals surface area contributed by atoms with E-state index in [-0.39, 0.29) is 11.9 Å². The number of aryl methyl sites for hydroxylation is 1. The molecule has 1 fully saturated rings. The second kappa shape index (κ2) is 5.86. The number of rotatable bonds is 3. The van der Waals surface area contributed by atoms with Crippen LogP contribution in [0.5, 0.6) is 0 Å². The highest BCUT2D eigenvalue weighted by Crippen LogP contribution is 2.23. The Bertz CT molecular complexity index is 733. The Morgan fingerprint density at radius 2 is 2.05 bits per heavy atom. The van der Waals surface area contributed by atoms with E-state index in [0.717, 1.165) is 5.69 Å². The summed E-state index contributed by atoms with van der Waals surface area (Å²) in [6.07, 6.45) is 0.713. The number of benzene rings is 1. The van der Waals surface area contributed by atoms with Crippen LogP contribution in [0.2, 0.25) is 0 Å². The van der Waals surface area contributed by atoms with Crippen molar-refractivity contribution in [2.45, 2.75) is 19.4 Å². The molecule has 2 heterocycles. The molecule has 1 aliphatic heterocycles. The molecular weight excluding hydrogens is 276 g/mol. The van der Waals surface area contributed by atoms with E-state index >= 15 is 0 Å². The fourth-order valence-corrected chi connectivity index (χ4v) is 2.55. The lowest BCUT2D eigenvalue weighted by Crippen LogP contribution is -2.33. The molecule has 1 aliphatic rings. The molecule has 5 heteroatoms. The zero-order valence-electron chi connectivity index (χ0n) is 12.3. The maximum Gasteiger partial charge on any atom is 0.249 e. The van der Waals surface area contributed by atoms with Crippen LogP contribution in [0.4, 0.5) is 11.5 Å². The lowest BCUT2D eigenvalue weighted by atomic mass is 10.2. The Labute approximate surface area is 129 Å². The first kappa shape index (κ1) is 14.1. The molecule has 110 valence electrons. The zero-order chi connectivity index (χ0) is 15.5. The van der Waals surface area contributed by atoms with Gasteiger partial charge in [0, 0.05) is 12.2 Å². The van der Waals surface area contributed by atoms with Gasteiger partial charge in [-0.1, -0.05) is 23.8 Å². The van der Waals surface area contributed by atoms with E-state index in [9.17, 15) is 4.79 Å². The van der Waals surface area contributed by atoms with E-state index in [1.54, 1.807) is 23.1 Å². The highest BCUT2D eigenvalue weighted by atomic mass is 16.2. The minimum atomic E-state index is -0.303. The van der Waals surface area contributed by atoms with Gasteiger partial charge in [0.2, 0.25) is 5.91 Å². The maximum absolute atomic E-state index is 12.5. The van der Waals surface area contributed by atoms with Crippen molar-refractivity contribution < 1.29 is 4.79 Å². The van der Waals surface area contributed by atoms with Gasteiger partial charge in [-0.25, -0.2) is 4.98 Å². The number of amides is 1. The monoisotopic (exact) mass is 292 g/mol. The third-order valence-corrected chi connectivity index (χ3v) is 3.74. The lowest BCUT2D eigenvalue weighted by Gasteiger charge is -2.17. The highest BCUT2D eigenvalue weighted by molar-refractivity contribution is 6.00. The Morgan fingerprint density at radius 3 is 2.77 bits per heavy atom. The quantitative estimate of drug-likeness (QED) is 0.943. The van der Waals surface area contributed by atoms with Crippen molar-refractivity contribution >= 4 is 17.4 Å². The molecule has 0 spiro atoms. The number of carbonyl (C=O) groups is 1. The van der Waals surface area contributed by atoms with Gasteiger partial charge in [0.1, 0.15) is 23.6 Å². The van der Waals surface area contributed by atoms with Crippen LogP contribution < -0.4 is 10.2 Å². The summed E-state index contributed by atoms with van der Waals surface area (Å²) in [7, 11) is 0. The number of hydrogen-bond donors (Lipinski definition) is 1. The van der Waals surface area contributed by atoms with Crippen LogP contribution >= 0.6 is 0 Å². The molecule has 1 atom stereocenters. The molecule has 1 saturated heterocycles. The largest absolute Gasteiger partial charge is 0.358 e. The molecule has 1 amide bonds. The van der Waals surface area contributed by atoms with Gasteiger partial charge in [-0.2, -0.15) is 5.26 Å². The second-order valence-electron chi connectivity index (χ2n) is 5.33. The summed E-state index contributed by atoms with van der Waals surface area (Å²) in [5.74, 6) is 0.594. The standard InChI is InChI=1S/C17H16N4O/c1-12-5-7-14(8-6-12)21-10-9-15(17(21)22)20-16-4-2-3-13(11-18)19-16/h2-8,15H,9-10H2,1H3,(H,19,20). The van der Waals surface area contributed by atoms with E-state index in [1.807, 2.05) is 37.3 Å². The van der Waals surface area contributed by atoms with Gasteiger partial charge in [0.15, 0.2) is 0 Å². The number of nitriles is 1. The Balaban J connectivity index is 1.73. The first-order chi connectivity index (χ1) is 10.7. The highest BCUT2D eigenvalue weighted by Gasteiger charge is 2.32. The van der Waals surface area contributed by atoms with Gasteiger partial charge in [-0.05, 0) is 37.6 Å². The molecule has 2 aromatic rings. The van der Waals surface area contributed by atoms with Crippen molar-refractivity contribution in [3.63, 3.8) is 0 Å². The SMILES string of the molecule is Cc1ccc(N2CCC(Nc3cccc(C#N)n3)C2=O)cc1. The molecule has 0 radical (unpaired) electrons. The van der Waals surface area contributed by atoms with Crippen molar-refractivity contribution in [2.24, 2.45) is 0 Å². The number of anilines is 2. The molecule has 1 aromatic carbocycles. The van der Waals surface area contributed by atoms with Crippen LogP contribution in [0.25, 0.3) is 0 Å². The van der Waals surface area contributed by atoms with Crippen LogP contribution in [0, 0.1) is 18.3 Å². The van der Waals surface area contributed by atoms with Gasteiger partial charge >= 0.3 is 0 Å². The normalized spacial score (nSPS) is 17.4. The summed E-state index contributed by atoms with van der Waals surface area (Å²) in [4.78, 5) is 18.5. The first-order valence-electron chi connectivity index (χ1n) is 7.19. The predicted molar refractivity (Wildman–Crippen MR) is 84.5 cm³/mol. The zero-order valence-corrected chi connectivity index (χ0v) is 12.3. The second-order valence-corrected chi connectivity index (χ2v) is 5.33. The summed E-state index contributed by atoms with van der Waals surface area (Å²) >= 11 is 0. The molecular formula is C17H16N4O. The number of nitrogens with one attached hydrogen (secondary N) is 1. The third-order valence-electron chi connectivity index (χ3n) is 3.74. The summed E-state index contributed by atoms with van der Waals surface area (Å²) < 4.78 is 0. The molecule has 3 rings (SSSR count). The minimum absolute atomic E-state index is 0.0352. The number of hydrogen-bond acceptors (Lipinski definition) is 4. The lowest BCUT2D eigenvalue weighted by molar-refractivity contribution is -0.117. The summed E-state index contributed by atoms with van der Waals surface area (Å²) in [5, 5.41) is 12.0. The van der Waals surface area contributed by atoms with Crippen molar-refractivity contribution in [1.29, 1.82) is 5.26 Å². The molecule has 0 bridgehead atoms. The third kappa shape index (κ3) is 2.77. The summed E-state index contributed by atoms with van der Waals surface area (Å²) in [6.45, 7) is 2.70. The van der Waals surface area contributed by atoms with Crippen LogP contribution in [0.15, 0.2) is 42.5 Å². The van der Waals surface area contributed by atoms with Gasteiger partial charge in [-0.3, -0.25) is 4.79 Å². The molecule has 1 N–H and O–H groups in total. The number of carbonyl (C=O) groups excluding carboxylic acids is 1. The molecule has 1 unspecified atom stereocenters. The Kier molecular flexibility index (Phi) is 3.75. The smallest absolute Gasteiger partial charge is 0.249 e. The predicted octanol–water partition coefficient (Wildman–Crippen LogP) is 2.48. The Hall–Kier alpha value is -2.87. The average molecular weight is 292 g/mol. The van der Waals surface area contributed by atoms with Crippen molar-refractivity contribution in [3.05, 3.63) is 53.7 Å². The van der Waals surface area contributed by atoms with E-state index in [0.29, 0.717) is 24.5 Å². The number of pyridine rings is 1. The van der Waals surface area contributed by atoms with E-state index in [2.05, 4.69) is 10.3 Å². The minimum Gasteiger partial charge on any atom is -0.358 e. The van der Waals surface area contributed by atoms with Crippen molar-refractivity contribution in [3.8, 4) is 6.07 Å². The van der Waals surface area contributed by atoms with Gasteiger partial charge in [0.25, 0.3) is 0 Å². The summed E-state index contributed by atoms with van der Waals surface area (Å²) in [6, 6.07) is 14.8. The first-order valence-corrected chi connectivity index (χ1v) is 7.19. The van der Waals surface area contributed by atoms with E-state index in [4.69, 9.17) is 5.26 Å². The van der Waals surface area contributed by atoms with Crippen LogP contribution in [0.1, 0.15) is 17.7 Å².